The lowest BCUT2D eigenvalue weighted by Crippen LogP contribution is -2.43. The van der Waals surface area contributed by atoms with Crippen molar-refractivity contribution in [3.8, 4) is 0 Å². The van der Waals surface area contributed by atoms with Crippen LogP contribution in [-0.4, -0.2) is 39.0 Å². The highest BCUT2D eigenvalue weighted by Gasteiger charge is 2.20. The largest absolute Gasteiger partial charge is 0.480 e. The summed E-state index contributed by atoms with van der Waals surface area (Å²) in [5.41, 5.74) is 4.92. The van der Waals surface area contributed by atoms with Gasteiger partial charge in [-0.1, -0.05) is 0 Å². The van der Waals surface area contributed by atoms with Gasteiger partial charge < -0.3 is 16.2 Å². The van der Waals surface area contributed by atoms with Crippen molar-refractivity contribution in [2.45, 2.75) is 18.9 Å². The molecule has 0 fully saturated rings. The molecule has 0 bridgehead atoms. The van der Waals surface area contributed by atoms with Gasteiger partial charge in [0.2, 0.25) is 11.9 Å². The third-order valence-corrected chi connectivity index (χ3v) is 2.07. The van der Waals surface area contributed by atoms with Crippen LogP contribution in [0.15, 0.2) is 18.5 Å². The SMILES string of the molecule is NC(=O)CCC(NC(=O)Nc1ncccn1)C(=O)O. The smallest absolute Gasteiger partial charge is 0.326 e. The van der Waals surface area contributed by atoms with E-state index in [4.69, 9.17) is 10.8 Å². The Morgan fingerprint density at radius 3 is 2.47 bits per heavy atom. The van der Waals surface area contributed by atoms with E-state index < -0.39 is 23.9 Å². The van der Waals surface area contributed by atoms with Gasteiger partial charge in [0, 0.05) is 18.8 Å². The van der Waals surface area contributed by atoms with Crippen LogP contribution in [0, 0.1) is 0 Å². The predicted octanol–water partition coefficient (Wildman–Crippen LogP) is -0.683. The van der Waals surface area contributed by atoms with Crippen LogP contribution in [0.25, 0.3) is 0 Å². The van der Waals surface area contributed by atoms with E-state index in [0.717, 1.165) is 0 Å². The average Bonchev–Trinajstić information content (AvgIpc) is 2.35. The Morgan fingerprint density at radius 1 is 1.32 bits per heavy atom. The summed E-state index contributed by atoms with van der Waals surface area (Å²) >= 11 is 0. The number of nitrogens with zero attached hydrogens (tertiary/aromatic N) is 2. The first-order valence-corrected chi connectivity index (χ1v) is 5.34. The monoisotopic (exact) mass is 267 g/mol. The summed E-state index contributed by atoms with van der Waals surface area (Å²) in [6, 6.07) is -0.421. The van der Waals surface area contributed by atoms with Crippen molar-refractivity contribution in [1.82, 2.24) is 15.3 Å². The number of carboxylic acids is 1. The highest BCUT2D eigenvalue weighted by molar-refractivity contribution is 5.91. The molecule has 0 spiro atoms. The zero-order chi connectivity index (χ0) is 14.3. The maximum Gasteiger partial charge on any atom is 0.326 e. The lowest BCUT2D eigenvalue weighted by molar-refractivity contribution is -0.139. The number of hydrogen-bond acceptors (Lipinski definition) is 5. The van der Waals surface area contributed by atoms with Gasteiger partial charge in [0.1, 0.15) is 6.04 Å². The minimum absolute atomic E-state index is 0.0408. The van der Waals surface area contributed by atoms with Crippen LogP contribution in [0.1, 0.15) is 12.8 Å². The second-order valence-electron chi connectivity index (χ2n) is 3.57. The third-order valence-electron chi connectivity index (χ3n) is 2.07. The second kappa shape index (κ2) is 6.89. The standard InChI is InChI=1S/C10H13N5O4/c11-7(16)3-2-6(8(17)18)14-10(19)15-9-12-4-1-5-13-9/h1,4-6H,2-3H2,(H2,11,16)(H,17,18)(H2,12,13,14,15,19). The Balaban J connectivity index is 2.52. The highest BCUT2D eigenvalue weighted by Crippen LogP contribution is 1.99. The Hall–Kier alpha value is -2.71. The van der Waals surface area contributed by atoms with Gasteiger partial charge in [-0.15, -0.1) is 0 Å². The lowest BCUT2D eigenvalue weighted by atomic mass is 10.1. The zero-order valence-corrected chi connectivity index (χ0v) is 9.87. The van der Waals surface area contributed by atoms with Crippen LogP contribution in [0.2, 0.25) is 0 Å². The van der Waals surface area contributed by atoms with Gasteiger partial charge in [-0.2, -0.15) is 0 Å². The number of anilines is 1. The van der Waals surface area contributed by atoms with E-state index in [1.165, 1.54) is 12.4 Å². The molecule has 0 aliphatic carbocycles. The third kappa shape index (κ3) is 5.44. The number of carbonyl (C=O) groups excluding carboxylic acids is 2. The second-order valence-corrected chi connectivity index (χ2v) is 3.57. The molecule has 1 aromatic rings. The van der Waals surface area contributed by atoms with Gasteiger partial charge in [0.05, 0.1) is 0 Å². The van der Waals surface area contributed by atoms with Crippen molar-refractivity contribution in [3.63, 3.8) is 0 Å². The number of carboxylic acid groups (broad SMARTS) is 1. The van der Waals surface area contributed by atoms with Crippen LogP contribution in [0.3, 0.4) is 0 Å². The average molecular weight is 267 g/mol. The molecule has 1 heterocycles. The van der Waals surface area contributed by atoms with E-state index in [-0.39, 0.29) is 18.8 Å². The van der Waals surface area contributed by atoms with E-state index in [9.17, 15) is 14.4 Å². The topological polar surface area (TPSA) is 147 Å². The Bertz CT molecular complexity index is 464. The summed E-state index contributed by atoms with van der Waals surface area (Å²) in [6.07, 6.45) is 2.61. The summed E-state index contributed by atoms with van der Waals surface area (Å²) in [4.78, 5) is 40.4. The molecule has 9 nitrogen and oxygen atoms in total. The van der Waals surface area contributed by atoms with Crippen LogP contribution in [0.5, 0.6) is 0 Å². The molecule has 0 aromatic carbocycles. The molecule has 19 heavy (non-hydrogen) atoms. The molecule has 1 rings (SSSR count). The molecule has 102 valence electrons. The van der Waals surface area contributed by atoms with Gasteiger partial charge in [-0.3, -0.25) is 10.1 Å². The number of carbonyl (C=O) groups is 3. The number of primary amides is 1. The van der Waals surface area contributed by atoms with E-state index in [2.05, 4.69) is 20.6 Å². The van der Waals surface area contributed by atoms with Crippen molar-refractivity contribution in [2.75, 3.05) is 5.32 Å². The molecule has 0 saturated heterocycles. The summed E-state index contributed by atoms with van der Waals surface area (Å²) in [7, 11) is 0. The highest BCUT2D eigenvalue weighted by atomic mass is 16.4. The quantitative estimate of drug-likeness (QED) is 0.536. The zero-order valence-electron chi connectivity index (χ0n) is 9.87. The van der Waals surface area contributed by atoms with E-state index in [1.54, 1.807) is 6.07 Å². The molecule has 9 heteroatoms. The molecule has 5 N–H and O–H groups in total. The van der Waals surface area contributed by atoms with Gasteiger partial charge >= 0.3 is 12.0 Å². The molecular weight excluding hydrogens is 254 g/mol. The Kier molecular flexibility index (Phi) is 5.20. The number of amides is 3. The van der Waals surface area contributed by atoms with Gasteiger partial charge in [-0.25, -0.2) is 19.6 Å². The normalized spacial score (nSPS) is 11.4. The van der Waals surface area contributed by atoms with Crippen molar-refractivity contribution < 1.29 is 19.5 Å². The van der Waals surface area contributed by atoms with Crippen LogP contribution >= 0.6 is 0 Å². The van der Waals surface area contributed by atoms with Crippen LogP contribution in [-0.2, 0) is 9.59 Å². The number of urea groups is 1. The van der Waals surface area contributed by atoms with Gasteiger partial charge in [0.25, 0.3) is 0 Å². The van der Waals surface area contributed by atoms with E-state index in [0.29, 0.717) is 0 Å². The van der Waals surface area contributed by atoms with Gasteiger partial charge in [-0.05, 0) is 12.5 Å². The van der Waals surface area contributed by atoms with Crippen LogP contribution < -0.4 is 16.4 Å². The minimum Gasteiger partial charge on any atom is -0.480 e. The number of nitrogens with one attached hydrogen (secondary N) is 2. The van der Waals surface area contributed by atoms with Crippen molar-refractivity contribution >= 4 is 23.9 Å². The summed E-state index contributed by atoms with van der Waals surface area (Å²) in [5.74, 6) is -1.86. The Labute approximate surface area is 108 Å². The van der Waals surface area contributed by atoms with Crippen molar-refractivity contribution in [1.29, 1.82) is 0 Å². The lowest BCUT2D eigenvalue weighted by Gasteiger charge is -2.13. The molecule has 0 saturated carbocycles. The molecule has 1 atom stereocenters. The maximum absolute atomic E-state index is 11.5. The molecule has 0 radical (unpaired) electrons. The molecule has 0 aliphatic heterocycles. The van der Waals surface area contributed by atoms with Gasteiger partial charge in [0.15, 0.2) is 0 Å². The number of hydrogen-bond donors (Lipinski definition) is 4. The van der Waals surface area contributed by atoms with Crippen molar-refractivity contribution in [2.24, 2.45) is 5.73 Å². The Morgan fingerprint density at radius 2 is 1.95 bits per heavy atom. The summed E-state index contributed by atoms with van der Waals surface area (Å²) in [5, 5.41) is 13.3. The first-order valence-electron chi connectivity index (χ1n) is 5.34. The molecule has 3 amide bonds. The minimum atomic E-state index is -1.26. The predicted molar refractivity (Wildman–Crippen MR) is 64.0 cm³/mol. The van der Waals surface area contributed by atoms with Crippen molar-refractivity contribution in [3.05, 3.63) is 18.5 Å². The molecule has 0 aliphatic rings. The van der Waals surface area contributed by atoms with Crippen LogP contribution in [0.4, 0.5) is 10.7 Å². The first kappa shape index (κ1) is 14.4. The first-order chi connectivity index (χ1) is 8.99. The molecule has 1 unspecified atom stereocenters. The number of aromatic nitrogens is 2. The number of nitrogens with two attached hydrogens (primary N) is 1. The number of aliphatic carboxylic acids is 1. The maximum atomic E-state index is 11.5. The summed E-state index contributed by atoms with van der Waals surface area (Å²) in [6.45, 7) is 0. The summed E-state index contributed by atoms with van der Waals surface area (Å²) < 4.78 is 0. The molecular formula is C10H13N5O4. The fraction of sp³-hybridized carbons (Fsp3) is 0.300. The molecule has 1 aromatic heterocycles. The van der Waals surface area contributed by atoms with E-state index >= 15 is 0 Å². The van der Waals surface area contributed by atoms with E-state index in [1.807, 2.05) is 0 Å². The fourth-order valence-corrected chi connectivity index (χ4v) is 1.20. The fourth-order valence-electron chi connectivity index (χ4n) is 1.20. The number of rotatable bonds is 6.